The van der Waals surface area contributed by atoms with Gasteiger partial charge >= 0.3 is 12.2 Å². The number of nitrogens with one attached hydrogen (secondary N) is 2. The second-order valence-corrected chi connectivity index (χ2v) is 11.1. The number of alkyl halides is 3. The van der Waals surface area contributed by atoms with Crippen LogP contribution in [0.15, 0.2) is 53.7 Å². The quantitative estimate of drug-likeness (QED) is 0.398. The zero-order chi connectivity index (χ0) is 30.6. The van der Waals surface area contributed by atoms with E-state index in [4.69, 9.17) is 9.47 Å². The van der Waals surface area contributed by atoms with Gasteiger partial charge in [0.05, 0.1) is 17.2 Å². The summed E-state index contributed by atoms with van der Waals surface area (Å²) < 4.78 is 54.1. The van der Waals surface area contributed by atoms with E-state index in [2.05, 4.69) is 25.5 Å². The fourth-order valence-corrected chi connectivity index (χ4v) is 6.06. The van der Waals surface area contributed by atoms with Gasteiger partial charge in [0, 0.05) is 61.3 Å². The van der Waals surface area contributed by atoms with Crippen molar-refractivity contribution in [3.63, 3.8) is 0 Å². The first-order valence-electron chi connectivity index (χ1n) is 14.5. The molecule has 1 aliphatic carbocycles. The largest absolute Gasteiger partial charge is 0.483 e. The Kier molecular flexibility index (Phi) is 6.91. The fraction of sp³-hybridized carbons (Fsp3) is 0.355. The molecule has 1 saturated heterocycles. The maximum Gasteiger partial charge on any atom is 0.418 e. The molecule has 0 unspecified atom stereocenters. The summed E-state index contributed by atoms with van der Waals surface area (Å²) in [5.41, 5.74) is 1.45. The van der Waals surface area contributed by atoms with Crippen molar-refractivity contribution < 1.29 is 32.2 Å². The molecule has 3 aromatic rings. The second kappa shape index (κ2) is 10.8. The van der Waals surface area contributed by atoms with E-state index in [9.17, 15) is 22.8 Å². The van der Waals surface area contributed by atoms with Crippen LogP contribution in [0.2, 0.25) is 0 Å². The number of benzene rings is 2. The number of halogens is 3. The van der Waals surface area contributed by atoms with Gasteiger partial charge in [-0.05, 0) is 55.4 Å². The Balaban J connectivity index is 1.05. The number of hydrogen-bond donors (Lipinski definition) is 2. The van der Waals surface area contributed by atoms with Crippen LogP contribution >= 0.6 is 0 Å². The normalized spacial score (nSPS) is 21.6. The van der Waals surface area contributed by atoms with Crippen LogP contribution in [0.1, 0.15) is 36.0 Å². The molecule has 0 bridgehead atoms. The van der Waals surface area contributed by atoms with Crippen LogP contribution in [-0.4, -0.2) is 66.4 Å². The van der Waals surface area contributed by atoms with Crippen molar-refractivity contribution in [3.8, 4) is 17.2 Å². The van der Waals surface area contributed by atoms with Gasteiger partial charge in [0.15, 0.2) is 0 Å². The number of carbonyl (C=O) groups excluding carboxylic acids is 2. The van der Waals surface area contributed by atoms with Gasteiger partial charge in [0.25, 0.3) is 0 Å². The Labute approximate surface area is 250 Å². The molecule has 4 heterocycles. The summed E-state index contributed by atoms with van der Waals surface area (Å²) in [5, 5.41) is 5.24. The van der Waals surface area contributed by atoms with Crippen molar-refractivity contribution >= 4 is 34.8 Å². The molecule has 2 atom stereocenters. The number of pyridine rings is 1. The average molecular weight is 607 g/mol. The lowest BCUT2D eigenvalue weighted by atomic mass is 10.1. The molecule has 2 N–H and O–H groups in total. The zero-order valence-electron chi connectivity index (χ0n) is 23.8. The Bertz CT molecular complexity index is 1690. The molecule has 1 saturated carbocycles. The zero-order valence-corrected chi connectivity index (χ0v) is 23.8. The number of aromatic nitrogens is 1. The van der Waals surface area contributed by atoms with Gasteiger partial charge in [0.1, 0.15) is 29.2 Å². The maximum absolute atomic E-state index is 14.0. The Morgan fingerprint density at radius 3 is 2.73 bits per heavy atom. The SMILES string of the molecule is CCN1CCN(c2ccc(NC(=O)N=C3[C@H]4Oc5ccc(Oc6ccnc7c6CCC(=O)N7)cc5[C@@H]34)cc2C(F)(F)F)CC1. The number of urea groups is 1. The van der Waals surface area contributed by atoms with Crippen LogP contribution in [0.5, 0.6) is 17.2 Å². The van der Waals surface area contributed by atoms with Crippen LogP contribution in [0.25, 0.3) is 0 Å². The first-order valence-corrected chi connectivity index (χ1v) is 14.5. The molecule has 0 spiro atoms. The number of nitrogens with zero attached hydrogens (tertiary/aromatic N) is 4. The van der Waals surface area contributed by atoms with E-state index >= 15 is 0 Å². The molecule has 1 aromatic heterocycles. The first-order chi connectivity index (χ1) is 21.2. The number of likely N-dealkylation sites (N-methyl/N-ethyl adjacent to an activating group) is 1. The lowest BCUT2D eigenvalue weighted by Crippen LogP contribution is -2.46. The van der Waals surface area contributed by atoms with E-state index in [1.54, 1.807) is 29.3 Å². The van der Waals surface area contributed by atoms with Gasteiger partial charge in [-0.3, -0.25) is 4.79 Å². The third-order valence-corrected chi connectivity index (χ3v) is 8.42. The Hall–Kier alpha value is -4.65. The number of anilines is 3. The monoisotopic (exact) mass is 606 g/mol. The number of hydrogen-bond acceptors (Lipinski definition) is 7. The van der Waals surface area contributed by atoms with Crippen LogP contribution < -0.4 is 25.0 Å². The molecule has 3 amide bonds. The molecule has 4 aliphatic rings. The first kappa shape index (κ1) is 28.1. The third-order valence-electron chi connectivity index (χ3n) is 8.42. The number of fused-ring (bicyclic) bond motifs is 4. The van der Waals surface area contributed by atoms with E-state index in [0.29, 0.717) is 67.8 Å². The van der Waals surface area contributed by atoms with Crippen molar-refractivity contribution in [2.75, 3.05) is 48.3 Å². The van der Waals surface area contributed by atoms with Crippen molar-refractivity contribution in [3.05, 3.63) is 65.4 Å². The van der Waals surface area contributed by atoms with Crippen LogP contribution in [0, 0.1) is 0 Å². The van der Waals surface area contributed by atoms with Crippen LogP contribution in [0.4, 0.5) is 35.2 Å². The summed E-state index contributed by atoms with van der Waals surface area (Å²) in [5.74, 6) is 1.93. The van der Waals surface area contributed by atoms with Gasteiger partial charge in [-0.1, -0.05) is 6.92 Å². The van der Waals surface area contributed by atoms with Crippen molar-refractivity contribution in [2.45, 2.75) is 38.0 Å². The van der Waals surface area contributed by atoms with Crippen molar-refractivity contribution in [1.29, 1.82) is 0 Å². The van der Waals surface area contributed by atoms with Crippen molar-refractivity contribution in [2.24, 2.45) is 4.99 Å². The molecule has 228 valence electrons. The minimum absolute atomic E-state index is 0.0160. The predicted octanol–water partition coefficient (Wildman–Crippen LogP) is 5.45. The predicted molar refractivity (Wildman–Crippen MR) is 157 cm³/mol. The second-order valence-electron chi connectivity index (χ2n) is 11.1. The molecule has 0 radical (unpaired) electrons. The van der Waals surface area contributed by atoms with Crippen LogP contribution in [-0.2, 0) is 17.4 Å². The molecule has 10 nitrogen and oxygen atoms in total. The van der Waals surface area contributed by atoms with Crippen LogP contribution in [0.3, 0.4) is 0 Å². The van der Waals surface area contributed by atoms with E-state index in [0.717, 1.165) is 23.7 Å². The Morgan fingerprint density at radius 2 is 1.95 bits per heavy atom. The molecule has 44 heavy (non-hydrogen) atoms. The maximum atomic E-state index is 14.0. The summed E-state index contributed by atoms with van der Waals surface area (Å²) in [4.78, 5) is 36.8. The molecule has 2 aromatic carbocycles. The lowest BCUT2D eigenvalue weighted by molar-refractivity contribution is -0.137. The van der Waals surface area contributed by atoms with E-state index < -0.39 is 23.9 Å². The summed E-state index contributed by atoms with van der Waals surface area (Å²) in [6.45, 7) is 5.26. The molecule has 7 rings (SSSR count). The summed E-state index contributed by atoms with van der Waals surface area (Å²) in [7, 11) is 0. The highest BCUT2D eigenvalue weighted by atomic mass is 19.4. The third kappa shape index (κ3) is 5.32. The molecular weight excluding hydrogens is 577 g/mol. The van der Waals surface area contributed by atoms with Gasteiger partial charge in [-0.15, -0.1) is 0 Å². The Morgan fingerprint density at radius 1 is 1.14 bits per heavy atom. The summed E-state index contributed by atoms with van der Waals surface area (Å²) in [6, 6.07) is 10.2. The number of ether oxygens (including phenoxy) is 2. The van der Waals surface area contributed by atoms with E-state index in [-0.39, 0.29) is 23.2 Å². The summed E-state index contributed by atoms with van der Waals surface area (Å²) in [6.07, 6.45) is -2.58. The number of carbonyl (C=O) groups is 2. The number of aliphatic imine (C=N–C) groups is 1. The smallest absolute Gasteiger partial charge is 0.418 e. The van der Waals surface area contributed by atoms with E-state index in [1.807, 2.05) is 13.0 Å². The topological polar surface area (TPSA) is 108 Å². The standard InChI is InChI=1S/C31H29F3N6O4/c1-2-39-11-13-40(14-12-39)22-6-3-17(15-21(22)31(32,33)34)36-30(42)38-27-26-20-16-18(4-7-23(20)44-28(26)27)43-24-9-10-35-29-19(24)5-8-25(41)37-29/h3-4,6-7,9-10,15-16,26,28H,2,5,8,11-14H2,1H3,(H,36,42)(H,35,37,41)/t26-,28-/m0/s1. The lowest BCUT2D eigenvalue weighted by Gasteiger charge is -2.36. The van der Waals surface area contributed by atoms with Gasteiger partial charge in [-0.2, -0.15) is 18.2 Å². The van der Waals surface area contributed by atoms with E-state index in [1.165, 1.54) is 12.1 Å². The van der Waals surface area contributed by atoms with Gasteiger partial charge < -0.3 is 29.9 Å². The molecule has 3 aliphatic heterocycles. The van der Waals surface area contributed by atoms with Gasteiger partial charge in [-0.25, -0.2) is 9.78 Å². The fourth-order valence-electron chi connectivity index (χ4n) is 6.06. The average Bonchev–Trinajstić information content (AvgIpc) is 3.52. The number of piperazine rings is 1. The molecular formula is C31H29F3N6O4. The highest BCUT2D eigenvalue weighted by molar-refractivity contribution is 6.18. The summed E-state index contributed by atoms with van der Waals surface area (Å²) >= 11 is 0. The highest BCUT2D eigenvalue weighted by Crippen LogP contribution is 2.52. The molecule has 2 fully saturated rings. The number of amides is 3. The minimum atomic E-state index is -4.59. The van der Waals surface area contributed by atoms with Gasteiger partial charge in [0.2, 0.25) is 5.91 Å². The molecule has 13 heteroatoms. The number of rotatable bonds is 5. The highest BCUT2D eigenvalue weighted by Gasteiger charge is 2.56. The van der Waals surface area contributed by atoms with Crippen molar-refractivity contribution in [1.82, 2.24) is 9.88 Å². The minimum Gasteiger partial charge on any atom is -0.483 e.